The molecule has 1 aliphatic heterocycles. The first-order valence-electron chi connectivity index (χ1n) is 11.7. The van der Waals surface area contributed by atoms with E-state index in [2.05, 4.69) is 5.32 Å². The first-order valence-corrected chi connectivity index (χ1v) is 11.7. The van der Waals surface area contributed by atoms with Gasteiger partial charge in [0.15, 0.2) is 0 Å². The summed E-state index contributed by atoms with van der Waals surface area (Å²) >= 11 is 0. The van der Waals surface area contributed by atoms with Gasteiger partial charge in [0.05, 0.1) is 19.8 Å². The number of carbonyl (C=O) groups is 2. The molecule has 2 N–H and O–H groups in total. The van der Waals surface area contributed by atoms with Gasteiger partial charge in [0, 0.05) is 24.2 Å². The van der Waals surface area contributed by atoms with E-state index >= 15 is 0 Å². The zero-order chi connectivity index (χ0) is 24.6. The first-order chi connectivity index (χ1) is 17.0. The summed E-state index contributed by atoms with van der Waals surface area (Å²) < 4.78 is 10.9. The Hall–Kier alpha value is -3.68. The predicted octanol–water partition coefficient (Wildman–Crippen LogP) is 3.73. The molecule has 4 rings (SSSR count). The molecule has 7 nitrogen and oxygen atoms in total. The third-order valence-corrected chi connectivity index (χ3v) is 6.15. The lowest BCUT2D eigenvalue weighted by atomic mass is 9.99. The van der Waals surface area contributed by atoms with E-state index in [0.29, 0.717) is 36.4 Å². The van der Waals surface area contributed by atoms with Gasteiger partial charge in [0.2, 0.25) is 11.8 Å². The van der Waals surface area contributed by atoms with E-state index < -0.39 is 12.1 Å². The molecule has 2 atom stereocenters. The number of nitrogens with zero attached hydrogens (tertiary/aromatic N) is 1. The van der Waals surface area contributed by atoms with Gasteiger partial charge in [-0.2, -0.15) is 0 Å². The molecule has 35 heavy (non-hydrogen) atoms. The average molecular weight is 475 g/mol. The standard InChI is InChI=1S/C28H30N2O5/c1-34-25-10-6-5-9-22(25)17-30-24(18-35-19-27(30)32)28(33)21-12-14-23(15-13-21)29-26(31)16-11-20-7-3-2-4-8-20/h2-10,12-15,24,28,33H,11,16-19H2,1H3,(H,29,31)/t24-,28-/m1/s1. The third kappa shape index (κ3) is 6.26. The fraction of sp³-hybridized carbons (Fsp3) is 0.286. The van der Waals surface area contributed by atoms with Crippen molar-refractivity contribution in [2.75, 3.05) is 25.6 Å². The van der Waals surface area contributed by atoms with Crippen LogP contribution in [0.3, 0.4) is 0 Å². The second-order valence-corrected chi connectivity index (χ2v) is 8.52. The topological polar surface area (TPSA) is 88.1 Å². The number of methoxy groups -OCH3 is 1. The van der Waals surface area contributed by atoms with Crippen LogP contribution in [-0.2, 0) is 27.3 Å². The molecule has 3 aromatic carbocycles. The van der Waals surface area contributed by atoms with Crippen LogP contribution >= 0.6 is 0 Å². The van der Waals surface area contributed by atoms with Crippen molar-refractivity contribution in [3.8, 4) is 5.75 Å². The molecule has 0 bridgehead atoms. The van der Waals surface area contributed by atoms with E-state index in [9.17, 15) is 14.7 Å². The Bertz CT molecular complexity index is 1130. The normalized spacial score (nSPS) is 16.6. The lowest BCUT2D eigenvalue weighted by molar-refractivity contribution is -0.155. The Morgan fingerprint density at radius 1 is 1.09 bits per heavy atom. The molecule has 1 heterocycles. The molecule has 2 amide bonds. The molecule has 0 aromatic heterocycles. The predicted molar refractivity (Wildman–Crippen MR) is 133 cm³/mol. The molecular formula is C28H30N2O5. The number of para-hydroxylation sites is 1. The van der Waals surface area contributed by atoms with Gasteiger partial charge >= 0.3 is 0 Å². The molecule has 0 spiro atoms. The van der Waals surface area contributed by atoms with Gasteiger partial charge in [-0.1, -0.05) is 60.7 Å². The minimum absolute atomic E-state index is 0.0215. The van der Waals surface area contributed by atoms with Crippen molar-refractivity contribution in [2.24, 2.45) is 0 Å². The molecule has 0 saturated carbocycles. The minimum Gasteiger partial charge on any atom is -0.496 e. The zero-order valence-electron chi connectivity index (χ0n) is 19.7. The average Bonchev–Trinajstić information content (AvgIpc) is 2.89. The lowest BCUT2D eigenvalue weighted by Crippen LogP contribution is -2.51. The van der Waals surface area contributed by atoms with Gasteiger partial charge in [0.1, 0.15) is 18.5 Å². The monoisotopic (exact) mass is 474 g/mol. The number of ether oxygens (including phenoxy) is 2. The summed E-state index contributed by atoms with van der Waals surface area (Å²) in [5.74, 6) is 0.428. The van der Waals surface area contributed by atoms with Gasteiger partial charge in [-0.15, -0.1) is 0 Å². The van der Waals surface area contributed by atoms with E-state index in [-0.39, 0.29) is 25.0 Å². The molecule has 0 unspecified atom stereocenters. The maximum Gasteiger partial charge on any atom is 0.249 e. The first kappa shape index (κ1) is 24.4. The van der Waals surface area contributed by atoms with Crippen molar-refractivity contribution in [3.05, 3.63) is 95.6 Å². The number of anilines is 1. The maximum absolute atomic E-state index is 12.7. The quantitative estimate of drug-likeness (QED) is 0.494. The summed E-state index contributed by atoms with van der Waals surface area (Å²) in [7, 11) is 1.59. The summed E-state index contributed by atoms with van der Waals surface area (Å²) in [6.45, 7) is 0.510. The lowest BCUT2D eigenvalue weighted by Gasteiger charge is -2.38. The number of benzene rings is 3. The number of aryl methyl sites for hydroxylation is 1. The molecule has 1 saturated heterocycles. The van der Waals surface area contributed by atoms with E-state index in [1.54, 1.807) is 36.3 Å². The van der Waals surface area contributed by atoms with Crippen LogP contribution in [0.25, 0.3) is 0 Å². The van der Waals surface area contributed by atoms with Crippen molar-refractivity contribution < 1.29 is 24.2 Å². The number of carbonyl (C=O) groups excluding carboxylic acids is 2. The van der Waals surface area contributed by atoms with Gasteiger partial charge in [-0.05, 0) is 35.7 Å². The summed E-state index contributed by atoms with van der Waals surface area (Å²) in [6, 6.07) is 23.9. The molecule has 0 aliphatic carbocycles. The van der Waals surface area contributed by atoms with Gasteiger partial charge in [0.25, 0.3) is 0 Å². The number of nitrogens with one attached hydrogen (secondary N) is 1. The van der Waals surface area contributed by atoms with Gasteiger partial charge < -0.3 is 24.8 Å². The maximum atomic E-state index is 12.7. The van der Waals surface area contributed by atoms with E-state index in [0.717, 1.165) is 11.1 Å². The second-order valence-electron chi connectivity index (χ2n) is 8.52. The van der Waals surface area contributed by atoms with Crippen LogP contribution in [0.1, 0.15) is 29.2 Å². The highest BCUT2D eigenvalue weighted by Crippen LogP contribution is 2.28. The summed E-state index contributed by atoms with van der Waals surface area (Å²) in [5.41, 5.74) is 3.26. The number of rotatable bonds is 9. The van der Waals surface area contributed by atoms with Crippen LogP contribution in [0.2, 0.25) is 0 Å². The fourth-order valence-corrected chi connectivity index (χ4v) is 4.22. The van der Waals surface area contributed by atoms with E-state index in [1.807, 2.05) is 54.6 Å². The molecule has 182 valence electrons. The Kier molecular flexibility index (Phi) is 8.13. The number of morpholine rings is 1. The largest absolute Gasteiger partial charge is 0.496 e. The smallest absolute Gasteiger partial charge is 0.249 e. The highest BCUT2D eigenvalue weighted by molar-refractivity contribution is 5.90. The highest BCUT2D eigenvalue weighted by atomic mass is 16.5. The minimum atomic E-state index is -0.947. The van der Waals surface area contributed by atoms with Crippen LogP contribution in [0, 0.1) is 0 Å². The van der Waals surface area contributed by atoms with Gasteiger partial charge in [-0.25, -0.2) is 0 Å². The molecule has 1 aliphatic rings. The number of aliphatic hydroxyl groups is 1. The van der Waals surface area contributed by atoms with Gasteiger partial charge in [-0.3, -0.25) is 9.59 Å². The highest BCUT2D eigenvalue weighted by Gasteiger charge is 2.35. The summed E-state index contributed by atoms with van der Waals surface area (Å²) in [5, 5.41) is 14.0. The van der Waals surface area contributed by atoms with Crippen molar-refractivity contribution in [2.45, 2.75) is 31.5 Å². The summed E-state index contributed by atoms with van der Waals surface area (Å²) in [6.07, 6.45) is 0.103. The second kappa shape index (κ2) is 11.6. The van der Waals surface area contributed by atoms with Crippen molar-refractivity contribution in [3.63, 3.8) is 0 Å². The number of hydrogen-bond acceptors (Lipinski definition) is 5. The fourth-order valence-electron chi connectivity index (χ4n) is 4.22. The molecular weight excluding hydrogens is 444 g/mol. The molecule has 7 heteroatoms. The van der Waals surface area contributed by atoms with Crippen LogP contribution in [0.4, 0.5) is 5.69 Å². The zero-order valence-corrected chi connectivity index (χ0v) is 19.7. The Balaban J connectivity index is 1.40. The number of amides is 2. The van der Waals surface area contributed by atoms with E-state index in [1.165, 1.54) is 0 Å². The Labute approximate surface area is 205 Å². The van der Waals surface area contributed by atoms with Crippen LogP contribution < -0.4 is 10.1 Å². The Morgan fingerprint density at radius 2 is 1.80 bits per heavy atom. The van der Waals surface area contributed by atoms with Crippen LogP contribution in [0.15, 0.2) is 78.9 Å². The number of hydrogen-bond donors (Lipinski definition) is 2. The van der Waals surface area contributed by atoms with Crippen LogP contribution in [-0.4, -0.2) is 48.2 Å². The Morgan fingerprint density at radius 3 is 2.54 bits per heavy atom. The van der Waals surface area contributed by atoms with Crippen molar-refractivity contribution in [1.29, 1.82) is 0 Å². The molecule has 1 fully saturated rings. The SMILES string of the molecule is COc1ccccc1CN1C(=O)COC[C@@H]1[C@H](O)c1ccc(NC(=O)CCc2ccccc2)cc1. The molecule has 3 aromatic rings. The number of aliphatic hydroxyl groups excluding tert-OH is 1. The molecule has 0 radical (unpaired) electrons. The van der Waals surface area contributed by atoms with Crippen molar-refractivity contribution in [1.82, 2.24) is 4.90 Å². The van der Waals surface area contributed by atoms with Crippen molar-refractivity contribution >= 4 is 17.5 Å². The van der Waals surface area contributed by atoms with Crippen LogP contribution in [0.5, 0.6) is 5.75 Å². The summed E-state index contributed by atoms with van der Waals surface area (Å²) in [4.78, 5) is 26.7. The van der Waals surface area contributed by atoms with E-state index in [4.69, 9.17) is 9.47 Å². The third-order valence-electron chi connectivity index (χ3n) is 6.15.